The van der Waals surface area contributed by atoms with Crippen LogP contribution in [0.3, 0.4) is 0 Å². The van der Waals surface area contributed by atoms with Crippen LogP contribution in [0, 0.1) is 0 Å². The second-order valence-electron chi connectivity index (χ2n) is 7.98. The molecule has 0 aliphatic rings. The van der Waals surface area contributed by atoms with Gasteiger partial charge in [0.1, 0.15) is 0 Å². The number of hydrogen-bond acceptors (Lipinski definition) is 5. The van der Waals surface area contributed by atoms with Crippen molar-refractivity contribution in [2.45, 2.75) is 130 Å². The molecule has 6 heteroatoms. The number of ether oxygens (including phenoxy) is 4. The van der Waals surface area contributed by atoms with Crippen LogP contribution in [0.5, 0.6) is 0 Å². The van der Waals surface area contributed by atoms with Crippen molar-refractivity contribution in [3.63, 3.8) is 0 Å². The van der Waals surface area contributed by atoms with Gasteiger partial charge >= 0.3 is 0 Å². The van der Waals surface area contributed by atoms with E-state index in [1.165, 1.54) is 0 Å². The molecule has 0 aliphatic heterocycles. The Labute approximate surface area is 192 Å². The van der Waals surface area contributed by atoms with E-state index in [1.54, 1.807) is 0 Å². The van der Waals surface area contributed by atoms with Crippen molar-refractivity contribution in [1.29, 1.82) is 0 Å². The monoisotopic (exact) mass is 462 g/mol. The van der Waals surface area contributed by atoms with Crippen molar-refractivity contribution in [2.24, 2.45) is 0 Å². The summed E-state index contributed by atoms with van der Waals surface area (Å²) < 4.78 is 24.4. The van der Waals surface area contributed by atoms with Crippen LogP contribution in [0.25, 0.3) is 0 Å². The van der Waals surface area contributed by atoms with Crippen LogP contribution < -0.4 is 0 Å². The Morgan fingerprint density at radius 2 is 1.04 bits per heavy atom. The van der Waals surface area contributed by atoms with Crippen LogP contribution in [-0.4, -0.2) is 55.1 Å². The molecule has 0 aromatic rings. The van der Waals surface area contributed by atoms with Gasteiger partial charge < -0.3 is 23.7 Å². The number of carbonyl (C=O) groups excluding carboxylic acids is 1. The van der Waals surface area contributed by atoms with Crippen molar-refractivity contribution in [3.8, 4) is 0 Å². The van der Waals surface area contributed by atoms with E-state index in [1.807, 2.05) is 68.6 Å². The second-order valence-corrected chi connectivity index (χ2v) is 7.98. The minimum atomic E-state index is -0.177. The number of hydrogen-bond donors (Lipinski definition) is 0. The van der Waals surface area contributed by atoms with E-state index >= 15 is 0 Å². The van der Waals surface area contributed by atoms with Gasteiger partial charge in [0.05, 0.1) is 48.8 Å². The van der Waals surface area contributed by atoms with Gasteiger partial charge in [-0.15, -0.1) is 6.42 Å². The Hall–Kier alpha value is 0.614. The molecule has 0 aliphatic carbocycles. The van der Waals surface area contributed by atoms with Crippen LogP contribution in [-0.2, 0) is 56.5 Å². The molecule has 0 bridgehead atoms. The zero-order chi connectivity index (χ0) is 20.3. The summed E-state index contributed by atoms with van der Waals surface area (Å²) in [4.78, 5) is 10.8. The fraction of sp³-hybridized carbons (Fsp3) is 0.952. The third-order valence-corrected chi connectivity index (χ3v) is 3.76. The topological polar surface area (TPSA) is 54.0 Å². The summed E-state index contributed by atoms with van der Waals surface area (Å²) >= 11 is 0. The minimum Gasteiger partial charge on any atom is -0.542 e. The minimum absolute atomic E-state index is 0. The molecule has 4 atom stereocenters. The molecule has 0 fully saturated rings. The van der Waals surface area contributed by atoms with Gasteiger partial charge in [-0.1, -0.05) is 0 Å². The Morgan fingerprint density at radius 3 is 1.44 bits per heavy atom. The van der Waals surface area contributed by atoms with Gasteiger partial charge in [0.15, 0.2) is 0 Å². The molecule has 5 nitrogen and oxygen atoms in total. The Morgan fingerprint density at radius 1 is 0.630 bits per heavy atom. The van der Waals surface area contributed by atoms with Gasteiger partial charge in [-0.25, -0.2) is 0 Å². The van der Waals surface area contributed by atoms with Crippen LogP contribution >= 0.6 is 0 Å². The summed E-state index contributed by atoms with van der Waals surface area (Å²) in [5, 5.41) is 0. The first-order valence-electron chi connectivity index (χ1n) is 10.0. The molecule has 0 aromatic carbocycles. The third kappa shape index (κ3) is 15.2. The fourth-order valence-electron chi connectivity index (χ4n) is 2.99. The standard InChI is InChI=1S/C21H41O5.Y/c1-14(2)23-18(9)20(25-16(5)6)13-21(26-17(7)8)19(11-10-12-22)24-15(3)4;/h14-21H,10-11,13H2,1-9H3;/q-1;. The molecular weight excluding hydrogens is 421 g/mol. The van der Waals surface area contributed by atoms with Gasteiger partial charge in [0, 0.05) is 39.1 Å². The van der Waals surface area contributed by atoms with E-state index in [-0.39, 0.29) is 81.5 Å². The molecular formula is C21H41O5Y-. The average molecular weight is 462 g/mol. The first-order chi connectivity index (χ1) is 12.1. The molecule has 0 heterocycles. The molecule has 0 spiro atoms. The molecule has 159 valence electrons. The van der Waals surface area contributed by atoms with Crippen LogP contribution in [0.4, 0.5) is 0 Å². The van der Waals surface area contributed by atoms with Gasteiger partial charge in [0.2, 0.25) is 0 Å². The summed E-state index contributed by atoms with van der Waals surface area (Å²) in [6.45, 7) is 18.2. The van der Waals surface area contributed by atoms with Crippen LogP contribution in [0.2, 0.25) is 0 Å². The van der Waals surface area contributed by atoms with Gasteiger partial charge in [-0.2, -0.15) is 0 Å². The van der Waals surface area contributed by atoms with Crippen molar-refractivity contribution in [3.05, 3.63) is 0 Å². The van der Waals surface area contributed by atoms with Gasteiger partial charge in [-0.3, -0.25) is 6.29 Å². The largest absolute Gasteiger partial charge is 0.542 e. The molecule has 1 radical (unpaired) electrons. The van der Waals surface area contributed by atoms with E-state index < -0.39 is 0 Å². The Bertz CT molecular complexity index is 360. The molecule has 0 aromatic heterocycles. The molecule has 0 saturated carbocycles. The predicted octanol–water partition coefficient (Wildman–Crippen LogP) is 4.46. The van der Waals surface area contributed by atoms with Crippen LogP contribution in [0.15, 0.2) is 0 Å². The van der Waals surface area contributed by atoms with Crippen molar-refractivity contribution >= 4 is 6.29 Å². The Balaban J connectivity index is 0. The van der Waals surface area contributed by atoms with E-state index in [4.69, 9.17) is 18.9 Å². The molecule has 0 rings (SSSR count). The summed E-state index contributed by atoms with van der Waals surface area (Å²) in [6.07, 6.45) is 3.35. The first kappa shape index (κ1) is 29.8. The van der Waals surface area contributed by atoms with E-state index in [0.29, 0.717) is 19.3 Å². The van der Waals surface area contributed by atoms with Crippen molar-refractivity contribution < 1.29 is 56.5 Å². The van der Waals surface area contributed by atoms with Crippen LogP contribution in [0.1, 0.15) is 81.6 Å². The second kappa shape index (κ2) is 16.4. The third-order valence-electron chi connectivity index (χ3n) is 3.76. The Kier molecular flexibility index (Phi) is 18.1. The van der Waals surface area contributed by atoms with E-state index in [2.05, 4.69) is 0 Å². The fourth-order valence-corrected chi connectivity index (χ4v) is 2.99. The predicted molar refractivity (Wildman–Crippen MR) is 105 cm³/mol. The quantitative estimate of drug-likeness (QED) is 0.337. The smallest absolute Gasteiger partial charge is 0.0865 e. The maximum Gasteiger partial charge on any atom is 0.0865 e. The summed E-state index contributed by atoms with van der Waals surface area (Å²) in [7, 11) is 0. The molecule has 4 unspecified atom stereocenters. The normalized spacial score (nSPS) is 16.5. The summed E-state index contributed by atoms with van der Waals surface area (Å²) in [5.41, 5.74) is 0. The molecule has 0 saturated heterocycles. The maximum atomic E-state index is 10.8. The zero-order valence-electron chi connectivity index (χ0n) is 18.9. The van der Waals surface area contributed by atoms with Crippen molar-refractivity contribution in [1.82, 2.24) is 0 Å². The zero-order valence-corrected chi connectivity index (χ0v) is 21.7. The average Bonchev–Trinajstić information content (AvgIpc) is 2.48. The summed E-state index contributed by atoms with van der Waals surface area (Å²) in [6, 6.07) is 0. The van der Waals surface area contributed by atoms with Gasteiger partial charge in [-0.05, 0) is 68.7 Å². The maximum absolute atomic E-state index is 10.8. The molecule has 0 amide bonds. The molecule has 0 N–H and O–H groups in total. The summed E-state index contributed by atoms with van der Waals surface area (Å²) in [5.74, 6) is 0. The van der Waals surface area contributed by atoms with Gasteiger partial charge in [0.25, 0.3) is 0 Å². The molecule has 27 heavy (non-hydrogen) atoms. The number of rotatable bonds is 15. The van der Waals surface area contributed by atoms with E-state index in [9.17, 15) is 4.79 Å². The first-order valence-corrected chi connectivity index (χ1v) is 10.0. The van der Waals surface area contributed by atoms with Crippen molar-refractivity contribution in [2.75, 3.05) is 0 Å². The van der Waals surface area contributed by atoms with E-state index in [0.717, 1.165) is 0 Å². The SMILES string of the molecule is CC(C)OC(C)C(CC(OC(C)C)C(CC[C-]=O)OC(C)C)OC(C)C.[Y].